The second-order valence-electron chi connectivity index (χ2n) is 7.21. The molecule has 8 heteroatoms. The first-order valence-corrected chi connectivity index (χ1v) is 10.6. The smallest absolute Gasteiger partial charge is 0.243 e. The van der Waals surface area contributed by atoms with Gasteiger partial charge in [0.05, 0.1) is 36.3 Å². The standard InChI is InChI=1S/C19H28N4O3S/c1-15(2)21(3)12-18-19-13-23(11-5-10-22(19)14-20-18)27(24,25)17-8-6-16(26-4)7-9-17/h6-9,14-15H,5,10-13H2,1-4H3. The van der Waals surface area contributed by atoms with E-state index in [-0.39, 0.29) is 4.90 Å². The fourth-order valence-corrected chi connectivity index (χ4v) is 4.58. The SMILES string of the molecule is COc1ccc(S(=O)(=O)N2CCCn3cnc(CN(C)C(C)C)c3C2)cc1. The van der Waals surface area contributed by atoms with Crippen LogP contribution in [0.5, 0.6) is 5.75 Å². The predicted molar refractivity (Wildman–Crippen MR) is 104 cm³/mol. The van der Waals surface area contributed by atoms with E-state index >= 15 is 0 Å². The van der Waals surface area contributed by atoms with E-state index in [9.17, 15) is 8.42 Å². The number of ether oxygens (including phenoxy) is 1. The number of methoxy groups -OCH3 is 1. The van der Waals surface area contributed by atoms with Gasteiger partial charge in [-0.05, 0) is 51.6 Å². The molecule has 0 fully saturated rings. The third kappa shape index (κ3) is 4.17. The van der Waals surface area contributed by atoms with Crippen LogP contribution in [0.3, 0.4) is 0 Å². The van der Waals surface area contributed by atoms with Crippen LogP contribution in [0.15, 0.2) is 35.5 Å². The summed E-state index contributed by atoms with van der Waals surface area (Å²) in [5, 5.41) is 0. The number of hydrogen-bond donors (Lipinski definition) is 0. The molecule has 0 unspecified atom stereocenters. The Morgan fingerprint density at radius 2 is 1.93 bits per heavy atom. The number of aryl methyl sites for hydroxylation is 1. The van der Waals surface area contributed by atoms with Crippen LogP contribution < -0.4 is 4.74 Å². The summed E-state index contributed by atoms with van der Waals surface area (Å²) < 4.78 is 35.1. The maximum absolute atomic E-state index is 13.2. The first-order chi connectivity index (χ1) is 12.8. The van der Waals surface area contributed by atoms with Crippen LogP contribution in [0.4, 0.5) is 0 Å². The van der Waals surface area contributed by atoms with Gasteiger partial charge in [0, 0.05) is 25.7 Å². The van der Waals surface area contributed by atoms with Crippen molar-refractivity contribution in [2.45, 2.75) is 50.8 Å². The van der Waals surface area contributed by atoms with Crippen LogP contribution in [0, 0.1) is 0 Å². The van der Waals surface area contributed by atoms with Crippen molar-refractivity contribution < 1.29 is 13.2 Å². The molecule has 1 aromatic carbocycles. The molecule has 0 aliphatic carbocycles. The minimum absolute atomic E-state index is 0.289. The minimum atomic E-state index is -3.57. The van der Waals surface area contributed by atoms with E-state index < -0.39 is 10.0 Å². The largest absolute Gasteiger partial charge is 0.497 e. The lowest BCUT2D eigenvalue weighted by molar-refractivity contribution is 0.261. The Morgan fingerprint density at radius 1 is 1.22 bits per heavy atom. The van der Waals surface area contributed by atoms with Gasteiger partial charge < -0.3 is 9.30 Å². The number of imidazole rings is 1. The topological polar surface area (TPSA) is 67.7 Å². The summed E-state index contributed by atoms with van der Waals surface area (Å²) >= 11 is 0. The van der Waals surface area contributed by atoms with Gasteiger partial charge in [-0.3, -0.25) is 4.90 Å². The Labute approximate surface area is 161 Å². The quantitative estimate of drug-likeness (QED) is 0.755. The van der Waals surface area contributed by atoms with Crippen molar-refractivity contribution in [2.24, 2.45) is 0 Å². The second-order valence-corrected chi connectivity index (χ2v) is 9.15. The highest BCUT2D eigenvalue weighted by atomic mass is 32.2. The normalized spacial score (nSPS) is 15.8. The van der Waals surface area contributed by atoms with Gasteiger partial charge in [-0.15, -0.1) is 0 Å². The monoisotopic (exact) mass is 392 g/mol. The van der Waals surface area contributed by atoms with E-state index in [0.717, 1.165) is 24.4 Å². The van der Waals surface area contributed by atoms with Crippen molar-refractivity contribution in [1.29, 1.82) is 0 Å². The molecule has 0 saturated heterocycles. The van der Waals surface area contributed by atoms with E-state index in [2.05, 4.69) is 35.3 Å². The Hall–Kier alpha value is -1.90. The van der Waals surface area contributed by atoms with Gasteiger partial charge in [0.1, 0.15) is 5.75 Å². The van der Waals surface area contributed by atoms with E-state index in [4.69, 9.17) is 4.74 Å². The summed E-state index contributed by atoms with van der Waals surface area (Å²) in [6.45, 7) is 6.59. The lowest BCUT2D eigenvalue weighted by Crippen LogP contribution is -2.32. The molecule has 0 atom stereocenters. The van der Waals surface area contributed by atoms with Gasteiger partial charge in [0.15, 0.2) is 0 Å². The zero-order chi connectivity index (χ0) is 19.6. The number of benzene rings is 1. The van der Waals surface area contributed by atoms with Gasteiger partial charge in [-0.25, -0.2) is 13.4 Å². The Balaban J connectivity index is 1.87. The van der Waals surface area contributed by atoms with Crippen molar-refractivity contribution in [3.05, 3.63) is 42.0 Å². The molecule has 7 nitrogen and oxygen atoms in total. The maximum atomic E-state index is 13.2. The van der Waals surface area contributed by atoms with E-state index in [1.165, 1.54) is 0 Å². The van der Waals surface area contributed by atoms with Gasteiger partial charge in [-0.2, -0.15) is 4.31 Å². The number of aromatic nitrogens is 2. The molecule has 0 amide bonds. The lowest BCUT2D eigenvalue weighted by atomic mass is 10.2. The number of rotatable bonds is 6. The first-order valence-electron chi connectivity index (χ1n) is 9.20. The van der Waals surface area contributed by atoms with E-state index in [1.54, 1.807) is 35.7 Å². The molecule has 1 aromatic heterocycles. The second kappa shape index (κ2) is 8.00. The molecule has 1 aliphatic heterocycles. The summed E-state index contributed by atoms with van der Waals surface area (Å²) in [7, 11) is 0.0497. The molecule has 0 bridgehead atoms. The molecule has 0 radical (unpaired) electrons. The molecule has 27 heavy (non-hydrogen) atoms. The fourth-order valence-electron chi connectivity index (χ4n) is 3.14. The zero-order valence-electron chi connectivity index (χ0n) is 16.4. The number of sulfonamides is 1. The Kier molecular flexibility index (Phi) is 5.88. The summed E-state index contributed by atoms with van der Waals surface area (Å²) in [6.07, 6.45) is 2.60. The fraction of sp³-hybridized carbons (Fsp3) is 0.526. The molecule has 0 N–H and O–H groups in total. The maximum Gasteiger partial charge on any atom is 0.243 e. The summed E-state index contributed by atoms with van der Waals surface area (Å²) in [6, 6.07) is 6.95. The minimum Gasteiger partial charge on any atom is -0.497 e. The summed E-state index contributed by atoms with van der Waals surface area (Å²) in [5.74, 6) is 0.641. The van der Waals surface area contributed by atoms with Crippen LogP contribution in [0.25, 0.3) is 0 Å². The molecular formula is C19H28N4O3S. The molecule has 2 heterocycles. The first kappa shape index (κ1) is 19.9. The third-order valence-electron chi connectivity index (χ3n) is 5.14. The average molecular weight is 393 g/mol. The summed E-state index contributed by atoms with van der Waals surface area (Å²) in [5.41, 5.74) is 1.93. The third-order valence-corrected chi connectivity index (χ3v) is 7.00. The van der Waals surface area contributed by atoms with Gasteiger partial charge in [0.25, 0.3) is 0 Å². The van der Waals surface area contributed by atoms with Crippen molar-refractivity contribution in [3.8, 4) is 5.75 Å². The van der Waals surface area contributed by atoms with E-state index in [1.807, 2.05) is 6.33 Å². The number of nitrogens with zero attached hydrogens (tertiary/aromatic N) is 4. The lowest BCUT2D eigenvalue weighted by Gasteiger charge is -2.23. The Bertz CT molecular complexity index is 875. The highest BCUT2D eigenvalue weighted by molar-refractivity contribution is 7.89. The highest BCUT2D eigenvalue weighted by Gasteiger charge is 2.29. The van der Waals surface area contributed by atoms with Gasteiger partial charge >= 0.3 is 0 Å². The molecule has 2 aromatic rings. The Morgan fingerprint density at radius 3 is 2.56 bits per heavy atom. The van der Waals surface area contributed by atoms with Gasteiger partial charge in [0.2, 0.25) is 10.0 Å². The summed E-state index contributed by atoms with van der Waals surface area (Å²) in [4.78, 5) is 7.05. The molecule has 0 saturated carbocycles. The molecule has 1 aliphatic rings. The van der Waals surface area contributed by atoms with Crippen LogP contribution in [0.1, 0.15) is 31.7 Å². The van der Waals surface area contributed by atoms with Crippen LogP contribution >= 0.6 is 0 Å². The van der Waals surface area contributed by atoms with Crippen molar-refractivity contribution in [2.75, 3.05) is 20.7 Å². The zero-order valence-corrected chi connectivity index (χ0v) is 17.2. The van der Waals surface area contributed by atoms with Crippen molar-refractivity contribution >= 4 is 10.0 Å². The predicted octanol–water partition coefficient (Wildman–Crippen LogP) is 2.33. The molecule has 3 rings (SSSR count). The van der Waals surface area contributed by atoms with Crippen LogP contribution in [-0.2, 0) is 29.7 Å². The van der Waals surface area contributed by atoms with E-state index in [0.29, 0.717) is 31.4 Å². The van der Waals surface area contributed by atoms with Gasteiger partial charge in [-0.1, -0.05) is 0 Å². The van der Waals surface area contributed by atoms with Crippen molar-refractivity contribution in [1.82, 2.24) is 18.8 Å². The molecular weight excluding hydrogens is 364 g/mol. The van der Waals surface area contributed by atoms with Crippen molar-refractivity contribution in [3.63, 3.8) is 0 Å². The molecule has 0 spiro atoms. The highest BCUT2D eigenvalue weighted by Crippen LogP contribution is 2.25. The number of hydrogen-bond acceptors (Lipinski definition) is 5. The number of fused-ring (bicyclic) bond motifs is 1. The van der Waals surface area contributed by atoms with Crippen LogP contribution in [0.2, 0.25) is 0 Å². The molecule has 148 valence electrons. The average Bonchev–Trinajstić information content (AvgIpc) is 2.89. The van der Waals surface area contributed by atoms with Crippen LogP contribution in [-0.4, -0.2) is 53.9 Å².